The minimum absolute atomic E-state index is 0.0902. The van der Waals surface area contributed by atoms with Crippen molar-refractivity contribution >= 4 is 46.4 Å². The van der Waals surface area contributed by atoms with Crippen molar-refractivity contribution in [2.24, 2.45) is 0 Å². The van der Waals surface area contributed by atoms with Gasteiger partial charge in [-0.3, -0.25) is 19.2 Å². The van der Waals surface area contributed by atoms with E-state index < -0.39 is 23.6 Å². The summed E-state index contributed by atoms with van der Waals surface area (Å²) in [6.07, 6.45) is 1.71. The molecule has 0 spiro atoms. The van der Waals surface area contributed by atoms with E-state index in [0.29, 0.717) is 47.5 Å². The summed E-state index contributed by atoms with van der Waals surface area (Å²) in [4.78, 5) is 48.8. The van der Waals surface area contributed by atoms with Gasteiger partial charge < -0.3 is 30.7 Å². The molecule has 10 heteroatoms. The summed E-state index contributed by atoms with van der Waals surface area (Å²) in [7, 11) is 0. The quantitative estimate of drug-likeness (QED) is 0.127. The zero-order valence-electron chi connectivity index (χ0n) is 29.9. The number of carbonyl (C=O) groups excluding carboxylic acids is 4. The second-order valence-electron chi connectivity index (χ2n) is 12.2. The minimum Gasteiger partial charge on any atom is -0.492 e. The maximum absolute atomic E-state index is 12.4. The largest absolute Gasteiger partial charge is 0.492 e. The van der Waals surface area contributed by atoms with Crippen molar-refractivity contribution in [2.45, 2.75) is 66.7 Å². The summed E-state index contributed by atoms with van der Waals surface area (Å²) < 4.78 is 11.0. The van der Waals surface area contributed by atoms with Crippen LogP contribution in [0.5, 0.6) is 11.5 Å². The van der Waals surface area contributed by atoms with Crippen molar-refractivity contribution in [3.8, 4) is 11.5 Å². The summed E-state index contributed by atoms with van der Waals surface area (Å²) >= 11 is 0. The number of amides is 4. The summed E-state index contributed by atoms with van der Waals surface area (Å²) in [5, 5.41) is 10.5. The molecule has 0 aliphatic heterocycles. The second-order valence-corrected chi connectivity index (χ2v) is 12.2. The van der Waals surface area contributed by atoms with E-state index in [0.717, 1.165) is 29.5 Å². The van der Waals surface area contributed by atoms with Gasteiger partial charge in [0.05, 0.1) is 24.6 Å². The Morgan fingerprint density at radius 1 is 0.520 bits per heavy atom. The van der Waals surface area contributed by atoms with Crippen LogP contribution in [-0.4, -0.2) is 36.8 Å². The molecular weight excluding hydrogens is 632 g/mol. The van der Waals surface area contributed by atoms with Gasteiger partial charge in [0.2, 0.25) is 0 Å². The topological polar surface area (TPSA) is 135 Å². The number of aryl methyl sites for hydroxylation is 2. The Morgan fingerprint density at radius 3 is 1.46 bits per heavy atom. The van der Waals surface area contributed by atoms with Crippen LogP contribution in [0.2, 0.25) is 0 Å². The van der Waals surface area contributed by atoms with E-state index >= 15 is 0 Å². The Kier molecular flexibility index (Phi) is 14.6. The van der Waals surface area contributed by atoms with E-state index in [9.17, 15) is 19.2 Å². The number of hydrogen-bond donors (Lipinski definition) is 4. The summed E-state index contributed by atoms with van der Waals surface area (Å²) in [6.45, 7) is 15.0. The van der Waals surface area contributed by atoms with Gasteiger partial charge >= 0.3 is 23.6 Å². The molecule has 0 aliphatic rings. The average Bonchev–Trinajstić information content (AvgIpc) is 3.10. The molecule has 50 heavy (non-hydrogen) atoms. The van der Waals surface area contributed by atoms with Gasteiger partial charge in [-0.2, -0.15) is 0 Å². The molecule has 0 saturated heterocycles. The molecule has 0 fully saturated rings. The van der Waals surface area contributed by atoms with Crippen LogP contribution in [0.4, 0.5) is 22.7 Å². The molecule has 4 aromatic rings. The van der Waals surface area contributed by atoms with Gasteiger partial charge in [0, 0.05) is 11.4 Å². The predicted octanol–water partition coefficient (Wildman–Crippen LogP) is 7.75. The molecule has 264 valence electrons. The van der Waals surface area contributed by atoms with Crippen molar-refractivity contribution in [1.29, 1.82) is 0 Å². The fourth-order valence-electron chi connectivity index (χ4n) is 4.70. The first-order valence-corrected chi connectivity index (χ1v) is 16.8. The molecule has 4 aromatic carbocycles. The van der Waals surface area contributed by atoms with Crippen molar-refractivity contribution < 1.29 is 28.7 Å². The third-order valence-corrected chi connectivity index (χ3v) is 7.43. The van der Waals surface area contributed by atoms with Crippen LogP contribution in [0.25, 0.3) is 0 Å². The van der Waals surface area contributed by atoms with Crippen molar-refractivity contribution in [1.82, 2.24) is 0 Å². The van der Waals surface area contributed by atoms with Crippen LogP contribution in [0.15, 0.2) is 91.0 Å². The van der Waals surface area contributed by atoms with E-state index in [2.05, 4.69) is 42.0 Å². The number of hydrogen-bond acceptors (Lipinski definition) is 6. The highest BCUT2D eigenvalue weighted by Gasteiger charge is 2.20. The van der Waals surface area contributed by atoms with Gasteiger partial charge in [-0.25, -0.2) is 0 Å². The molecule has 0 aromatic heterocycles. The number of para-hydroxylation sites is 2. The highest BCUT2D eigenvalue weighted by Crippen LogP contribution is 2.32. The lowest BCUT2D eigenvalue weighted by Gasteiger charge is -2.21. The van der Waals surface area contributed by atoms with Crippen LogP contribution in [0.1, 0.15) is 65.2 Å². The molecule has 0 heterocycles. The normalized spacial score (nSPS) is 10.5. The van der Waals surface area contributed by atoms with Gasteiger partial charge in [0.25, 0.3) is 0 Å². The Labute approximate surface area is 295 Å². The van der Waals surface area contributed by atoms with Gasteiger partial charge in [-0.15, -0.1) is 0 Å². The Bertz CT molecular complexity index is 1780. The second kappa shape index (κ2) is 18.8. The number of rotatable bonds is 10. The van der Waals surface area contributed by atoms with E-state index in [1.165, 1.54) is 0 Å². The monoisotopic (exact) mass is 680 g/mol. The number of nitrogens with one attached hydrogen (secondary N) is 4. The van der Waals surface area contributed by atoms with Gasteiger partial charge in [0.1, 0.15) is 11.5 Å². The minimum atomic E-state index is -0.737. The lowest BCUT2D eigenvalue weighted by molar-refractivity contribution is -0.133. The third kappa shape index (κ3) is 11.8. The standard InChI is InChI=1S/C22H28N2O3.C18H20N2O3/c1-6-15-9-8-10-17(13-15)23-20(25)21(26)24-18-14-16(22(3,4)5)11-12-19(18)27-7-2;1-3-13-8-7-9-14(12-13)19-17(21)18(22)20-15-10-5-6-11-16(15)23-4-2/h8-14H,6-7H2,1-5H3,(H,23,25)(H,24,26);5-12H,3-4H2,1-2H3,(H,19,21)(H,20,22). The highest BCUT2D eigenvalue weighted by molar-refractivity contribution is 6.44. The van der Waals surface area contributed by atoms with Crippen LogP contribution in [0, 0.1) is 0 Å². The molecule has 0 unspecified atom stereocenters. The predicted molar refractivity (Wildman–Crippen MR) is 200 cm³/mol. The molecule has 0 aliphatic carbocycles. The zero-order valence-corrected chi connectivity index (χ0v) is 29.9. The maximum atomic E-state index is 12.4. The molecule has 4 amide bonds. The van der Waals surface area contributed by atoms with Crippen LogP contribution < -0.4 is 30.7 Å². The summed E-state index contributed by atoms with van der Waals surface area (Å²) in [6, 6.07) is 27.5. The third-order valence-electron chi connectivity index (χ3n) is 7.43. The molecule has 0 bridgehead atoms. The summed E-state index contributed by atoms with van der Waals surface area (Å²) in [5.41, 5.74) is 5.29. The van der Waals surface area contributed by atoms with Gasteiger partial charge in [0.15, 0.2) is 0 Å². The number of benzene rings is 4. The van der Waals surface area contributed by atoms with Crippen LogP contribution in [-0.2, 0) is 37.4 Å². The molecule has 0 atom stereocenters. The van der Waals surface area contributed by atoms with E-state index in [1.54, 1.807) is 36.4 Å². The van der Waals surface area contributed by atoms with Crippen LogP contribution >= 0.6 is 0 Å². The lowest BCUT2D eigenvalue weighted by Crippen LogP contribution is -2.29. The Balaban J connectivity index is 0.000000274. The maximum Gasteiger partial charge on any atom is 0.314 e. The summed E-state index contributed by atoms with van der Waals surface area (Å²) in [5.74, 6) is -1.83. The molecule has 0 radical (unpaired) electrons. The SMILES string of the molecule is CCOc1ccc(C(C)(C)C)cc1NC(=O)C(=O)Nc1cccc(CC)c1.CCOc1ccccc1NC(=O)C(=O)Nc1cccc(CC)c1. The van der Waals surface area contributed by atoms with Crippen molar-refractivity contribution in [3.63, 3.8) is 0 Å². The van der Waals surface area contributed by atoms with E-state index in [1.807, 2.05) is 82.3 Å². The molecule has 0 saturated carbocycles. The molecular formula is C40H48N4O6. The van der Waals surface area contributed by atoms with Gasteiger partial charge in [-0.1, -0.05) is 77.1 Å². The first-order valence-electron chi connectivity index (χ1n) is 16.8. The van der Waals surface area contributed by atoms with Gasteiger partial charge in [-0.05, 0) is 97.3 Å². The highest BCUT2D eigenvalue weighted by atomic mass is 16.5. The molecule has 4 N–H and O–H groups in total. The van der Waals surface area contributed by atoms with E-state index in [4.69, 9.17) is 9.47 Å². The van der Waals surface area contributed by atoms with Crippen molar-refractivity contribution in [2.75, 3.05) is 34.5 Å². The fourth-order valence-corrected chi connectivity index (χ4v) is 4.70. The van der Waals surface area contributed by atoms with E-state index in [-0.39, 0.29) is 5.41 Å². The molecule has 10 nitrogen and oxygen atoms in total. The first kappa shape index (κ1) is 38.8. The van der Waals surface area contributed by atoms with Crippen molar-refractivity contribution in [3.05, 3.63) is 108 Å². The fraction of sp³-hybridized carbons (Fsp3) is 0.300. The smallest absolute Gasteiger partial charge is 0.314 e. The first-order chi connectivity index (χ1) is 23.9. The Morgan fingerprint density at radius 2 is 0.980 bits per heavy atom. The average molecular weight is 681 g/mol. The van der Waals surface area contributed by atoms with Crippen LogP contribution in [0.3, 0.4) is 0 Å². The zero-order chi connectivity index (χ0) is 36.7. The number of carbonyl (C=O) groups is 4. The number of anilines is 4. The number of ether oxygens (including phenoxy) is 2. The lowest BCUT2D eigenvalue weighted by atomic mass is 9.87. The molecule has 4 rings (SSSR count). The Hall–Kier alpha value is -5.64.